The van der Waals surface area contributed by atoms with E-state index in [1.165, 1.54) is 4.90 Å². The number of anilines is 1. The van der Waals surface area contributed by atoms with E-state index in [0.29, 0.717) is 0 Å². The van der Waals surface area contributed by atoms with Crippen LogP contribution in [0.4, 0.5) is 5.69 Å². The van der Waals surface area contributed by atoms with Crippen LogP contribution in [0.15, 0.2) is 77.2 Å². The summed E-state index contributed by atoms with van der Waals surface area (Å²) < 4.78 is 0. The molecule has 3 heteroatoms. The van der Waals surface area contributed by atoms with E-state index in [-0.39, 0.29) is 0 Å². The van der Waals surface area contributed by atoms with Crippen LogP contribution in [-0.2, 0) is 0 Å². The lowest BCUT2D eigenvalue weighted by Gasteiger charge is -2.03. The fourth-order valence-electron chi connectivity index (χ4n) is 1.56. The third-order valence-electron chi connectivity index (χ3n) is 2.45. The van der Waals surface area contributed by atoms with Crippen LogP contribution in [-0.4, -0.2) is 12.0 Å². The summed E-state index contributed by atoms with van der Waals surface area (Å²) in [5.74, 6) is 0.900. The van der Waals surface area contributed by atoms with Crippen LogP contribution in [0.1, 0.15) is 5.56 Å². The van der Waals surface area contributed by atoms with Crippen molar-refractivity contribution in [3.05, 3.63) is 72.8 Å². The first-order valence-electron chi connectivity index (χ1n) is 6.07. The van der Waals surface area contributed by atoms with Crippen LogP contribution >= 0.6 is 11.8 Å². The molecule has 0 saturated heterocycles. The van der Waals surface area contributed by atoms with Crippen molar-refractivity contribution in [1.82, 2.24) is 0 Å². The summed E-state index contributed by atoms with van der Waals surface area (Å²) in [5, 5.41) is 4.27. The third kappa shape index (κ3) is 4.30. The highest BCUT2D eigenvalue weighted by Gasteiger charge is 1.98. The Labute approximate surface area is 118 Å². The summed E-state index contributed by atoms with van der Waals surface area (Å²) in [6.07, 6.45) is 3.75. The second-order valence-corrected chi connectivity index (χ2v) is 4.94. The molecule has 1 N–H and O–H groups in total. The zero-order valence-electron chi connectivity index (χ0n) is 10.6. The normalized spacial score (nSPS) is 10.5. The van der Waals surface area contributed by atoms with Gasteiger partial charge in [0.1, 0.15) is 0 Å². The summed E-state index contributed by atoms with van der Waals surface area (Å²) in [5.41, 5.74) is 5.11. The first-order valence-corrected chi connectivity index (χ1v) is 7.05. The van der Waals surface area contributed by atoms with Gasteiger partial charge in [-0.1, -0.05) is 42.5 Å². The molecular weight excluding hydrogens is 252 g/mol. The summed E-state index contributed by atoms with van der Waals surface area (Å²) in [4.78, 5) is 1.21. The van der Waals surface area contributed by atoms with Crippen LogP contribution < -0.4 is 5.43 Å². The second kappa shape index (κ2) is 7.44. The van der Waals surface area contributed by atoms with Crippen molar-refractivity contribution in [1.29, 1.82) is 0 Å². The minimum absolute atomic E-state index is 0.900. The number of thioether (sulfide) groups is 1. The van der Waals surface area contributed by atoms with E-state index in [9.17, 15) is 0 Å². The van der Waals surface area contributed by atoms with E-state index in [1.807, 2.05) is 54.8 Å². The fraction of sp³-hybridized carbons (Fsp3) is 0.0625. The molecule has 0 amide bonds. The Morgan fingerprint density at radius 1 is 1.05 bits per heavy atom. The van der Waals surface area contributed by atoms with Gasteiger partial charge in [0, 0.05) is 16.2 Å². The topological polar surface area (TPSA) is 24.4 Å². The summed E-state index contributed by atoms with van der Waals surface area (Å²) in [6.45, 7) is 3.74. The summed E-state index contributed by atoms with van der Waals surface area (Å²) in [6, 6.07) is 18.1. The predicted molar refractivity (Wildman–Crippen MR) is 85.0 cm³/mol. The van der Waals surface area contributed by atoms with Crippen LogP contribution in [0.5, 0.6) is 0 Å². The van der Waals surface area contributed by atoms with E-state index in [2.05, 4.69) is 29.2 Å². The van der Waals surface area contributed by atoms with E-state index in [4.69, 9.17) is 0 Å². The lowest BCUT2D eigenvalue weighted by molar-refractivity contribution is 1.33. The van der Waals surface area contributed by atoms with Crippen LogP contribution in [0.2, 0.25) is 0 Å². The van der Waals surface area contributed by atoms with E-state index in [0.717, 1.165) is 17.0 Å². The van der Waals surface area contributed by atoms with Crippen molar-refractivity contribution in [2.75, 3.05) is 11.2 Å². The molecule has 0 aromatic heterocycles. The Balaban J connectivity index is 2.04. The van der Waals surface area contributed by atoms with Crippen molar-refractivity contribution >= 4 is 23.7 Å². The van der Waals surface area contributed by atoms with E-state index in [1.54, 1.807) is 11.8 Å². The number of para-hydroxylation sites is 1. The number of hydrogen-bond acceptors (Lipinski definition) is 3. The van der Waals surface area contributed by atoms with Gasteiger partial charge in [-0.05, 0) is 18.2 Å². The van der Waals surface area contributed by atoms with Gasteiger partial charge in [-0.2, -0.15) is 5.10 Å². The zero-order chi connectivity index (χ0) is 13.3. The maximum absolute atomic E-state index is 4.27. The lowest BCUT2D eigenvalue weighted by atomic mass is 10.2. The van der Waals surface area contributed by atoms with Crippen molar-refractivity contribution in [3.63, 3.8) is 0 Å². The van der Waals surface area contributed by atoms with Gasteiger partial charge in [0.2, 0.25) is 0 Å². The molecule has 0 fully saturated rings. The first kappa shape index (κ1) is 13.4. The Hall–Kier alpha value is -2.00. The van der Waals surface area contributed by atoms with Gasteiger partial charge in [-0.25, -0.2) is 0 Å². The average Bonchev–Trinajstić information content (AvgIpc) is 2.47. The van der Waals surface area contributed by atoms with Crippen molar-refractivity contribution in [3.8, 4) is 0 Å². The summed E-state index contributed by atoms with van der Waals surface area (Å²) in [7, 11) is 0. The van der Waals surface area contributed by atoms with Crippen molar-refractivity contribution in [2.24, 2.45) is 5.10 Å². The fourth-order valence-corrected chi connectivity index (χ4v) is 2.32. The van der Waals surface area contributed by atoms with Crippen molar-refractivity contribution in [2.45, 2.75) is 4.90 Å². The molecule has 0 spiro atoms. The number of hydrazone groups is 1. The Morgan fingerprint density at radius 3 is 2.58 bits per heavy atom. The molecule has 0 bridgehead atoms. The number of nitrogens with one attached hydrogen (secondary N) is 1. The van der Waals surface area contributed by atoms with Gasteiger partial charge < -0.3 is 0 Å². The predicted octanol–water partition coefficient (Wildman–Crippen LogP) is 4.41. The molecule has 0 aliphatic carbocycles. The Bertz CT molecular complexity index is 550. The minimum atomic E-state index is 0.900. The lowest BCUT2D eigenvalue weighted by Crippen LogP contribution is -1.92. The molecular formula is C16H16N2S. The van der Waals surface area contributed by atoms with Crippen molar-refractivity contribution < 1.29 is 0 Å². The molecule has 0 radical (unpaired) electrons. The molecule has 19 heavy (non-hydrogen) atoms. The molecule has 2 aromatic carbocycles. The molecule has 2 nitrogen and oxygen atoms in total. The number of rotatable bonds is 6. The molecule has 0 atom stereocenters. The standard InChI is InChI=1S/C16H16N2S/c1-2-12-19-16-11-7-6-8-14(16)13-17-18-15-9-4-3-5-10-15/h2-11,13,18H,1,12H2. The largest absolute Gasteiger partial charge is 0.279 e. The van der Waals surface area contributed by atoms with Gasteiger partial charge in [0.15, 0.2) is 0 Å². The minimum Gasteiger partial charge on any atom is -0.279 e. The van der Waals surface area contributed by atoms with Crippen LogP contribution in [0.3, 0.4) is 0 Å². The quantitative estimate of drug-likeness (QED) is 0.363. The highest BCUT2D eigenvalue weighted by molar-refractivity contribution is 7.99. The Kier molecular flexibility index (Phi) is 5.26. The monoisotopic (exact) mass is 268 g/mol. The van der Waals surface area contributed by atoms with Gasteiger partial charge in [-0.15, -0.1) is 18.3 Å². The van der Waals surface area contributed by atoms with E-state index >= 15 is 0 Å². The maximum Gasteiger partial charge on any atom is 0.0561 e. The van der Waals surface area contributed by atoms with Crippen LogP contribution in [0.25, 0.3) is 0 Å². The number of hydrogen-bond donors (Lipinski definition) is 1. The second-order valence-electron chi connectivity index (χ2n) is 3.87. The smallest absolute Gasteiger partial charge is 0.0561 e. The molecule has 0 saturated carbocycles. The first-order chi connectivity index (χ1) is 9.40. The highest BCUT2D eigenvalue weighted by atomic mass is 32.2. The highest BCUT2D eigenvalue weighted by Crippen LogP contribution is 2.21. The molecule has 2 aromatic rings. The zero-order valence-corrected chi connectivity index (χ0v) is 11.4. The van der Waals surface area contributed by atoms with Gasteiger partial charge in [0.25, 0.3) is 0 Å². The van der Waals surface area contributed by atoms with Crippen LogP contribution in [0, 0.1) is 0 Å². The molecule has 96 valence electrons. The van der Waals surface area contributed by atoms with Gasteiger partial charge >= 0.3 is 0 Å². The van der Waals surface area contributed by atoms with Gasteiger partial charge in [0.05, 0.1) is 11.9 Å². The molecule has 0 aliphatic rings. The maximum atomic E-state index is 4.27. The third-order valence-corrected chi connectivity index (χ3v) is 3.53. The number of nitrogens with zero attached hydrogens (tertiary/aromatic N) is 1. The Morgan fingerprint density at radius 2 is 1.79 bits per heavy atom. The van der Waals surface area contributed by atoms with E-state index < -0.39 is 0 Å². The average molecular weight is 268 g/mol. The molecule has 2 rings (SSSR count). The molecule has 0 heterocycles. The SMILES string of the molecule is C=CCSc1ccccc1C=NNc1ccccc1. The summed E-state index contributed by atoms with van der Waals surface area (Å²) >= 11 is 1.76. The van der Waals surface area contributed by atoms with Gasteiger partial charge in [-0.3, -0.25) is 5.43 Å². The molecule has 0 aliphatic heterocycles. The number of benzene rings is 2. The molecule has 0 unspecified atom stereocenters.